The highest BCUT2D eigenvalue weighted by atomic mass is 79.9. The minimum Gasteiger partial charge on any atom is -0.355 e. The van der Waals surface area contributed by atoms with Gasteiger partial charge in [0.05, 0.1) is 5.54 Å². The van der Waals surface area contributed by atoms with Gasteiger partial charge in [0.15, 0.2) is 17.5 Å². The van der Waals surface area contributed by atoms with Crippen LogP contribution in [0.4, 0.5) is 10.2 Å². The van der Waals surface area contributed by atoms with E-state index in [4.69, 9.17) is 0 Å². The van der Waals surface area contributed by atoms with Crippen LogP contribution in [0.5, 0.6) is 0 Å². The zero-order valence-corrected chi connectivity index (χ0v) is 11.0. The predicted octanol–water partition coefficient (Wildman–Crippen LogP) is 2.87. The Bertz CT molecular complexity index is 572. The molecule has 2 heterocycles. The van der Waals surface area contributed by atoms with Crippen molar-refractivity contribution in [2.24, 2.45) is 0 Å². The summed E-state index contributed by atoms with van der Waals surface area (Å²) in [5.41, 5.74) is -0.358. The normalized spacial score (nSPS) is 16.3. The van der Waals surface area contributed by atoms with Gasteiger partial charge in [0, 0.05) is 23.1 Å². The summed E-state index contributed by atoms with van der Waals surface area (Å²) in [5, 5.41) is 3.11. The number of nitrogens with one attached hydrogen (secondary N) is 1. The number of nitrogens with zero attached hydrogens (tertiary/aromatic N) is 3. The van der Waals surface area contributed by atoms with Crippen LogP contribution >= 0.6 is 15.9 Å². The maximum Gasteiger partial charge on any atom is 0.166 e. The van der Waals surface area contributed by atoms with Crippen molar-refractivity contribution in [3.05, 3.63) is 46.8 Å². The van der Waals surface area contributed by atoms with Crippen molar-refractivity contribution in [1.82, 2.24) is 15.0 Å². The van der Waals surface area contributed by atoms with Gasteiger partial charge < -0.3 is 5.32 Å². The summed E-state index contributed by atoms with van der Waals surface area (Å²) >= 11 is 3.18. The van der Waals surface area contributed by atoms with E-state index in [2.05, 4.69) is 36.2 Å². The van der Waals surface area contributed by atoms with Crippen LogP contribution in [0.3, 0.4) is 0 Å². The molecular weight excluding hydrogens is 299 g/mol. The molecule has 0 atom stereocenters. The molecule has 6 heteroatoms. The molecule has 0 amide bonds. The summed E-state index contributed by atoms with van der Waals surface area (Å²) in [6.07, 6.45) is 6.71. The molecule has 1 saturated carbocycles. The number of hydrogen-bond acceptors (Lipinski definition) is 4. The zero-order valence-electron chi connectivity index (χ0n) is 9.40. The fourth-order valence-electron chi connectivity index (χ4n) is 1.81. The van der Waals surface area contributed by atoms with E-state index in [-0.39, 0.29) is 17.2 Å². The minimum atomic E-state index is -0.383. The molecule has 4 nitrogen and oxygen atoms in total. The third-order valence-electron chi connectivity index (χ3n) is 2.91. The molecule has 3 rings (SSSR count). The Hall–Kier alpha value is -1.56. The highest BCUT2D eigenvalue weighted by Gasteiger charge is 2.47. The molecule has 0 radical (unpaired) electrons. The third kappa shape index (κ3) is 2.08. The van der Waals surface area contributed by atoms with Crippen molar-refractivity contribution >= 4 is 21.7 Å². The van der Waals surface area contributed by atoms with Crippen LogP contribution in [-0.2, 0) is 5.54 Å². The van der Waals surface area contributed by atoms with Crippen LogP contribution < -0.4 is 5.32 Å². The molecule has 0 aromatic carbocycles. The molecule has 1 aliphatic rings. The molecule has 2 aromatic rings. The van der Waals surface area contributed by atoms with Crippen LogP contribution in [0, 0.1) is 5.82 Å². The van der Waals surface area contributed by atoms with Crippen molar-refractivity contribution in [2.45, 2.75) is 18.4 Å². The molecule has 92 valence electrons. The molecule has 1 fully saturated rings. The largest absolute Gasteiger partial charge is 0.355 e. The lowest BCUT2D eigenvalue weighted by Gasteiger charge is -2.16. The fourth-order valence-corrected chi connectivity index (χ4v) is 2.11. The summed E-state index contributed by atoms with van der Waals surface area (Å²) in [7, 11) is 0. The van der Waals surface area contributed by atoms with Gasteiger partial charge in [-0.25, -0.2) is 19.3 Å². The monoisotopic (exact) mass is 308 g/mol. The number of pyridine rings is 1. The number of hydrogen-bond donors (Lipinski definition) is 1. The summed E-state index contributed by atoms with van der Waals surface area (Å²) in [6.45, 7) is 0. The molecule has 0 spiro atoms. The van der Waals surface area contributed by atoms with E-state index in [1.807, 2.05) is 0 Å². The number of aromatic nitrogens is 3. The molecule has 0 bridgehead atoms. The number of rotatable bonds is 3. The summed E-state index contributed by atoms with van der Waals surface area (Å²) in [6, 6.07) is 3.15. The van der Waals surface area contributed by atoms with Crippen LogP contribution in [0.1, 0.15) is 18.7 Å². The summed E-state index contributed by atoms with van der Waals surface area (Å²) in [5.74, 6) is 0.545. The predicted molar refractivity (Wildman–Crippen MR) is 68.5 cm³/mol. The quantitative estimate of drug-likeness (QED) is 0.947. The van der Waals surface area contributed by atoms with Crippen molar-refractivity contribution < 1.29 is 4.39 Å². The first kappa shape index (κ1) is 11.5. The second-order valence-corrected chi connectivity index (χ2v) is 5.18. The van der Waals surface area contributed by atoms with Gasteiger partial charge in [-0.2, -0.15) is 0 Å². The van der Waals surface area contributed by atoms with Gasteiger partial charge in [-0.1, -0.05) is 0 Å². The van der Waals surface area contributed by atoms with Crippen molar-refractivity contribution in [1.29, 1.82) is 0 Å². The lowest BCUT2D eigenvalue weighted by Crippen LogP contribution is -2.23. The van der Waals surface area contributed by atoms with Crippen LogP contribution in [0.2, 0.25) is 0 Å². The zero-order chi connectivity index (χ0) is 12.6. The molecule has 1 aliphatic carbocycles. The van der Waals surface area contributed by atoms with Gasteiger partial charge in [-0.05, 0) is 40.9 Å². The molecule has 0 aliphatic heterocycles. The van der Waals surface area contributed by atoms with E-state index in [1.54, 1.807) is 24.7 Å². The molecule has 0 saturated heterocycles. The van der Waals surface area contributed by atoms with Crippen LogP contribution in [0.15, 0.2) is 35.2 Å². The Morgan fingerprint density at radius 3 is 2.56 bits per heavy atom. The Balaban J connectivity index is 1.89. The standard InChI is InChI=1S/C12H10BrFN4/c13-8-6-9(14)10(17-7-8)18-12(2-3-12)11-15-4-1-5-16-11/h1,4-7H,2-3H2,(H,17,18). The average molecular weight is 309 g/mol. The van der Waals surface area contributed by atoms with Gasteiger partial charge in [-0.15, -0.1) is 0 Å². The van der Waals surface area contributed by atoms with Gasteiger partial charge in [-0.3, -0.25) is 0 Å². The lowest BCUT2D eigenvalue weighted by atomic mass is 10.2. The van der Waals surface area contributed by atoms with E-state index in [0.29, 0.717) is 10.3 Å². The van der Waals surface area contributed by atoms with Crippen molar-refractivity contribution in [3.8, 4) is 0 Å². The first-order valence-corrected chi connectivity index (χ1v) is 6.36. The second kappa shape index (κ2) is 4.28. The summed E-state index contributed by atoms with van der Waals surface area (Å²) in [4.78, 5) is 12.5. The van der Waals surface area contributed by atoms with E-state index >= 15 is 0 Å². The van der Waals surface area contributed by atoms with E-state index in [1.165, 1.54) is 6.07 Å². The first-order chi connectivity index (χ1) is 8.70. The minimum absolute atomic E-state index is 0.239. The first-order valence-electron chi connectivity index (χ1n) is 5.56. The maximum atomic E-state index is 13.7. The van der Waals surface area contributed by atoms with E-state index in [9.17, 15) is 4.39 Å². The number of anilines is 1. The van der Waals surface area contributed by atoms with Crippen LogP contribution in [0.25, 0.3) is 0 Å². The lowest BCUT2D eigenvalue weighted by molar-refractivity contribution is 0.613. The average Bonchev–Trinajstić information content (AvgIpc) is 3.15. The Morgan fingerprint density at radius 2 is 1.94 bits per heavy atom. The van der Waals surface area contributed by atoms with E-state index in [0.717, 1.165) is 12.8 Å². The smallest absolute Gasteiger partial charge is 0.166 e. The molecule has 1 N–H and O–H groups in total. The van der Waals surface area contributed by atoms with Gasteiger partial charge in [0.25, 0.3) is 0 Å². The Morgan fingerprint density at radius 1 is 1.22 bits per heavy atom. The summed E-state index contributed by atoms with van der Waals surface area (Å²) < 4.78 is 14.3. The Labute approximate surface area is 112 Å². The third-order valence-corrected chi connectivity index (χ3v) is 3.34. The van der Waals surface area contributed by atoms with Crippen molar-refractivity contribution in [3.63, 3.8) is 0 Å². The highest BCUT2D eigenvalue weighted by molar-refractivity contribution is 9.10. The van der Waals surface area contributed by atoms with E-state index < -0.39 is 0 Å². The van der Waals surface area contributed by atoms with Crippen molar-refractivity contribution in [2.75, 3.05) is 5.32 Å². The highest BCUT2D eigenvalue weighted by Crippen LogP contribution is 2.46. The van der Waals surface area contributed by atoms with Gasteiger partial charge >= 0.3 is 0 Å². The fraction of sp³-hybridized carbons (Fsp3) is 0.250. The van der Waals surface area contributed by atoms with Gasteiger partial charge in [0.2, 0.25) is 0 Å². The Kier molecular flexibility index (Phi) is 2.74. The van der Waals surface area contributed by atoms with Crippen LogP contribution in [-0.4, -0.2) is 15.0 Å². The topological polar surface area (TPSA) is 50.7 Å². The molecular formula is C12H10BrFN4. The number of halogens is 2. The maximum absolute atomic E-state index is 13.7. The SMILES string of the molecule is Fc1cc(Br)cnc1NC1(c2ncccn2)CC1. The second-order valence-electron chi connectivity index (χ2n) is 4.26. The molecule has 18 heavy (non-hydrogen) atoms. The molecule has 0 unspecified atom stereocenters. The van der Waals surface area contributed by atoms with Gasteiger partial charge in [0.1, 0.15) is 0 Å². The molecule has 2 aromatic heterocycles.